The summed E-state index contributed by atoms with van der Waals surface area (Å²) in [4.78, 5) is 34.1. The first kappa shape index (κ1) is 18.0. The molecule has 1 aliphatic rings. The average molecular weight is 345 g/mol. The normalized spacial score (nSPS) is 15.6. The molecule has 0 aromatic carbocycles. The van der Waals surface area contributed by atoms with Gasteiger partial charge in [0.1, 0.15) is 18.1 Å². The van der Waals surface area contributed by atoms with Gasteiger partial charge < -0.3 is 15.1 Å². The quantitative estimate of drug-likeness (QED) is 0.892. The largest absolute Gasteiger partial charge is 0.433 e. The van der Waals surface area contributed by atoms with Crippen LogP contribution >= 0.6 is 0 Å². The van der Waals surface area contributed by atoms with Crippen LogP contribution in [0.25, 0.3) is 0 Å². The molecule has 7 nitrogen and oxygen atoms in total. The van der Waals surface area contributed by atoms with Gasteiger partial charge in [-0.05, 0) is 19.9 Å². The van der Waals surface area contributed by atoms with Crippen molar-refractivity contribution in [2.45, 2.75) is 26.6 Å². The lowest BCUT2D eigenvalue weighted by atomic mass is 10.3. The van der Waals surface area contributed by atoms with Crippen LogP contribution in [-0.4, -0.2) is 57.9 Å². The fourth-order valence-corrected chi connectivity index (χ4v) is 2.34. The van der Waals surface area contributed by atoms with Crippen LogP contribution in [0.3, 0.4) is 0 Å². The molecule has 0 radical (unpaired) electrons. The number of aryl methyl sites for hydroxylation is 1. The van der Waals surface area contributed by atoms with Crippen LogP contribution < -0.4 is 5.32 Å². The van der Waals surface area contributed by atoms with Crippen molar-refractivity contribution in [1.82, 2.24) is 25.1 Å². The van der Waals surface area contributed by atoms with Gasteiger partial charge in [-0.15, -0.1) is 0 Å². The molecule has 1 fully saturated rings. The molecule has 1 aliphatic heterocycles. The number of alkyl halides is 3. The summed E-state index contributed by atoms with van der Waals surface area (Å²) in [7, 11) is 0. The van der Waals surface area contributed by atoms with E-state index in [9.17, 15) is 22.8 Å². The van der Waals surface area contributed by atoms with E-state index in [0.29, 0.717) is 19.6 Å². The summed E-state index contributed by atoms with van der Waals surface area (Å²) in [6, 6.07) is 0.311. The molecule has 0 bridgehead atoms. The SMILES string of the molecule is CCN1CCN(C(=O)NCc2nc(C)cc(C(F)(F)F)n2)CC1=O. The van der Waals surface area contributed by atoms with E-state index >= 15 is 0 Å². The van der Waals surface area contributed by atoms with Gasteiger partial charge in [-0.1, -0.05) is 0 Å². The van der Waals surface area contributed by atoms with E-state index in [1.807, 2.05) is 6.92 Å². The number of halogens is 3. The number of nitrogens with one attached hydrogen (secondary N) is 1. The monoisotopic (exact) mass is 345 g/mol. The summed E-state index contributed by atoms with van der Waals surface area (Å²) >= 11 is 0. The minimum absolute atomic E-state index is 0.0534. The van der Waals surface area contributed by atoms with Gasteiger partial charge in [-0.25, -0.2) is 14.8 Å². The van der Waals surface area contributed by atoms with Crippen LogP contribution in [-0.2, 0) is 17.5 Å². The van der Waals surface area contributed by atoms with Crippen molar-refractivity contribution in [3.8, 4) is 0 Å². The van der Waals surface area contributed by atoms with Gasteiger partial charge in [-0.3, -0.25) is 4.79 Å². The van der Waals surface area contributed by atoms with Crippen LogP contribution in [0.4, 0.5) is 18.0 Å². The van der Waals surface area contributed by atoms with Crippen molar-refractivity contribution in [3.05, 3.63) is 23.3 Å². The van der Waals surface area contributed by atoms with E-state index in [4.69, 9.17) is 0 Å². The summed E-state index contributed by atoms with van der Waals surface area (Å²) in [6.45, 7) is 4.35. The van der Waals surface area contributed by atoms with Crippen molar-refractivity contribution in [2.75, 3.05) is 26.2 Å². The second kappa shape index (κ2) is 7.02. The van der Waals surface area contributed by atoms with E-state index in [1.165, 1.54) is 11.8 Å². The number of piperazine rings is 1. The first-order valence-electron chi connectivity index (χ1n) is 7.43. The highest BCUT2D eigenvalue weighted by Crippen LogP contribution is 2.27. The van der Waals surface area contributed by atoms with Gasteiger partial charge in [0.15, 0.2) is 0 Å². The molecule has 1 aromatic rings. The Morgan fingerprint density at radius 1 is 1.33 bits per heavy atom. The van der Waals surface area contributed by atoms with Gasteiger partial charge in [-0.2, -0.15) is 13.2 Å². The summed E-state index contributed by atoms with van der Waals surface area (Å²) < 4.78 is 38.2. The zero-order valence-electron chi connectivity index (χ0n) is 13.4. The van der Waals surface area contributed by atoms with E-state index < -0.39 is 17.9 Å². The van der Waals surface area contributed by atoms with Crippen LogP contribution in [0.1, 0.15) is 24.1 Å². The third-order valence-corrected chi connectivity index (χ3v) is 3.58. The number of carbonyl (C=O) groups is 2. The lowest BCUT2D eigenvalue weighted by Crippen LogP contribution is -2.54. The Morgan fingerprint density at radius 2 is 2.04 bits per heavy atom. The Labute approximate surface area is 136 Å². The number of aromatic nitrogens is 2. The maximum atomic E-state index is 12.7. The fourth-order valence-electron chi connectivity index (χ4n) is 2.34. The van der Waals surface area contributed by atoms with Crippen LogP contribution in [0.5, 0.6) is 0 Å². The molecular formula is C14H18F3N5O2. The number of nitrogens with zero attached hydrogens (tertiary/aromatic N) is 4. The standard InChI is InChI=1S/C14H18F3N5O2/c1-3-21-4-5-22(8-12(21)23)13(24)18-7-11-19-9(2)6-10(20-11)14(15,16)17/h6H,3-5,7-8H2,1-2H3,(H,18,24). The highest BCUT2D eigenvalue weighted by Gasteiger charge is 2.33. The molecule has 3 amide bonds. The average Bonchev–Trinajstić information content (AvgIpc) is 2.51. The number of hydrogen-bond acceptors (Lipinski definition) is 4. The summed E-state index contributed by atoms with van der Waals surface area (Å²) in [5.41, 5.74) is -0.890. The first-order chi connectivity index (χ1) is 11.2. The van der Waals surface area contributed by atoms with E-state index in [0.717, 1.165) is 6.07 Å². The number of amides is 3. The Bertz CT molecular complexity index is 635. The third-order valence-electron chi connectivity index (χ3n) is 3.58. The lowest BCUT2D eigenvalue weighted by Gasteiger charge is -2.33. The van der Waals surface area contributed by atoms with Crippen molar-refractivity contribution < 1.29 is 22.8 Å². The molecule has 0 saturated carbocycles. The van der Waals surface area contributed by atoms with Gasteiger partial charge in [0.2, 0.25) is 5.91 Å². The molecule has 24 heavy (non-hydrogen) atoms. The lowest BCUT2D eigenvalue weighted by molar-refractivity contribution is -0.141. The second-order valence-electron chi connectivity index (χ2n) is 5.36. The zero-order chi connectivity index (χ0) is 17.9. The molecule has 10 heteroatoms. The van der Waals surface area contributed by atoms with E-state index in [-0.39, 0.29) is 30.5 Å². The molecule has 2 heterocycles. The minimum atomic E-state index is -4.57. The van der Waals surface area contributed by atoms with Crippen LogP contribution in [0.2, 0.25) is 0 Å². The van der Waals surface area contributed by atoms with Gasteiger partial charge in [0.25, 0.3) is 0 Å². The molecule has 0 aliphatic carbocycles. The van der Waals surface area contributed by atoms with Gasteiger partial charge >= 0.3 is 12.2 Å². The molecular weight excluding hydrogens is 327 g/mol. The third kappa shape index (κ3) is 4.33. The Kier molecular flexibility index (Phi) is 5.25. The number of likely N-dealkylation sites (N-methyl/N-ethyl adjacent to an activating group) is 1. The number of carbonyl (C=O) groups excluding carboxylic acids is 2. The molecule has 0 spiro atoms. The number of urea groups is 1. The molecule has 1 aromatic heterocycles. The summed E-state index contributed by atoms with van der Waals surface area (Å²) in [5.74, 6) is -0.292. The summed E-state index contributed by atoms with van der Waals surface area (Å²) in [6.07, 6.45) is -4.57. The highest BCUT2D eigenvalue weighted by atomic mass is 19.4. The Hall–Kier alpha value is -2.39. The van der Waals surface area contributed by atoms with Crippen LogP contribution in [0, 0.1) is 6.92 Å². The minimum Gasteiger partial charge on any atom is -0.340 e. The van der Waals surface area contributed by atoms with E-state index in [2.05, 4.69) is 15.3 Å². The second-order valence-corrected chi connectivity index (χ2v) is 5.36. The molecule has 0 atom stereocenters. The number of rotatable bonds is 3. The van der Waals surface area contributed by atoms with Crippen LogP contribution in [0.15, 0.2) is 6.07 Å². The number of hydrogen-bond donors (Lipinski definition) is 1. The van der Waals surface area contributed by atoms with Gasteiger partial charge in [0, 0.05) is 25.3 Å². The first-order valence-corrected chi connectivity index (χ1v) is 7.43. The predicted molar refractivity (Wildman–Crippen MR) is 77.8 cm³/mol. The molecule has 1 N–H and O–H groups in total. The van der Waals surface area contributed by atoms with Crippen molar-refractivity contribution in [3.63, 3.8) is 0 Å². The zero-order valence-corrected chi connectivity index (χ0v) is 13.4. The van der Waals surface area contributed by atoms with Gasteiger partial charge in [0.05, 0.1) is 6.54 Å². The summed E-state index contributed by atoms with van der Waals surface area (Å²) in [5, 5.41) is 2.45. The molecule has 2 rings (SSSR count). The molecule has 0 unspecified atom stereocenters. The van der Waals surface area contributed by atoms with E-state index in [1.54, 1.807) is 4.90 Å². The predicted octanol–water partition coefficient (Wildman–Crippen LogP) is 1.18. The van der Waals surface area contributed by atoms with Crippen molar-refractivity contribution in [1.29, 1.82) is 0 Å². The topological polar surface area (TPSA) is 78.4 Å². The molecule has 1 saturated heterocycles. The maximum absolute atomic E-state index is 12.7. The Morgan fingerprint density at radius 3 is 2.62 bits per heavy atom. The smallest absolute Gasteiger partial charge is 0.340 e. The fraction of sp³-hybridized carbons (Fsp3) is 0.571. The Balaban J connectivity index is 1.97. The maximum Gasteiger partial charge on any atom is 0.433 e. The highest BCUT2D eigenvalue weighted by molar-refractivity contribution is 5.85. The molecule has 132 valence electrons. The van der Waals surface area contributed by atoms with Crippen molar-refractivity contribution in [2.24, 2.45) is 0 Å². The van der Waals surface area contributed by atoms with Crippen molar-refractivity contribution >= 4 is 11.9 Å².